The number of aliphatic carboxylic acids is 1. The van der Waals surface area contributed by atoms with Gasteiger partial charge in [-0.25, -0.2) is 4.39 Å². The van der Waals surface area contributed by atoms with Crippen molar-refractivity contribution in [3.8, 4) is 0 Å². The number of aryl methyl sites for hydroxylation is 1. The molecule has 1 aliphatic carbocycles. The Hall–Kier alpha value is -1.71. The van der Waals surface area contributed by atoms with Crippen LogP contribution in [-0.4, -0.2) is 23.0 Å². The molecule has 0 aromatic heterocycles. The molecule has 1 aliphatic rings. The first kappa shape index (κ1) is 19.6. The summed E-state index contributed by atoms with van der Waals surface area (Å²) in [5.41, 5.74) is 1.20. The van der Waals surface area contributed by atoms with Crippen molar-refractivity contribution in [3.63, 3.8) is 0 Å². The van der Waals surface area contributed by atoms with Crippen molar-refractivity contribution in [3.05, 3.63) is 35.9 Å². The number of unbranched alkanes of at least 4 members (excludes halogenated alkanes) is 4. The van der Waals surface area contributed by atoms with Gasteiger partial charge in [0.15, 0.2) is 0 Å². The molecule has 0 bridgehead atoms. The summed E-state index contributed by atoms with van der Waals surface area (Å²) in [7, 11) is 0. The van der Waals surface area contributed by atoms with Crippen molar-refractivity contribution in [1.29, 1.82) is 0 Å². The number of benzene rings is 1. The normalized spacial score (nSPS) is 23.1. The zero-order chi connectivity index (χ0) is 18.1. The number of carbonyl (C=O) groups is 2. The van der Waals surface area contributed by atoms with Gasteiger partial charge in [-0.1, -0.05) is 56.0 Å². The van der Waals surface area contributed by atoms with Crippen molar-refractivity contribution in [2.45, 2.75) is 70.4 Å². The van der Waals surface area contributed by atoms with E-state index in [4.69, 9.17) is 5.11 Å². The quantitative estimate of drug-likeness (QED) is 0.574. The molecular weight excluding hydrogens is 319 g/mol. The summed E-state index contributed by atoms with van der Waals surface area (Å²) in [5.74, 6) is -0.918. The van der Waals surface area contributed by atoms with Gasteiger partial charge in [0.05, 0.1) is 0 Å². The van der Waals surface area contributed by atoms with E-state index in [1.165, 1.54) is 5.56 Å². The molecule has 1 aromatic carbocycles. The maximum Gasteiger partial charge on any atom is 0.303 e. The third-order valence-corrected chi connectivity index (χ3v) is 5.31. The lowest BCUT2D eigenvalue weighted by atomic mass is 9.85. The number of carboxylic acids is 1. The molecule has 25 heavy (non-hydrogen) atoms. The first-order valence-electron chi connectivity index (χ1n) is 9.50. The summed E-state index contributed by atoms with van der Waals surface area (Å²) in [5, 5.41) is 8.60. The maximum absolute atomic E-state index is 14.2. The Kier molecular flexibility index (Phi) is 8.10. The topological polar surface area (TPSA) is 54.4 Å². The second kappa shape index (κ2) is 10.3. The molecule has 0 spiro atoms. The SMILES string of the molecule is O=C(O)CCCCCCC[C@H]1C(F)CC(=O)[C@@H]1CCc1ccccc1. The second-order valence-corrected chi connectivity index (χ2v) is 7.18. The summed E-state index contributed by atoms with van der Waals surface area (Å²) in [6.45, 7) is 0. The fourth-order valence-electron chi connectivity index (χ4n) is 3.90. The molecule has 138 valence electrons. The van der Waals surface area contributed by atoms with E-state index in [1.54, 1.807) is 0 Å². The third-order valence-electron chi connectivity index (χ3n) is 5.31. The van der Waals surface area contributed by atoms with E-state index in [0.29, 0.717) is 6.42 Å². The minimum Gasteiger partial charge on any atom is -0.481 e. The molecule has 3 atom stereocenters. The monoisotopic (exact) mass is 348 g/mol. The van der Waals surface area contributed by atoms with Crippen molar-refractivity contribution in [2.24, 2.45) is 11.8 Å². The number of rotatable bonds is 11. The van der Waals surface area contributed by atoms with E-state index in [9.17, 15) is 14.0 Å². The first-order chi connectivity index (χ1) is 12.1. The standard InChI is InChI=1S/C21H29FO3/c22-19-15-20(23)18(14-13-16-9-5-4-6-10-16)17(19)11-7-2-1-3-8-12-21(24)25/h4-6,9-10,17-19H,1-3,7-8,11-15H2,(H,24,25)/t17-,18-,19?/m1/s1. The van der Waals surface area contributed by atoms with E-state index in [2.05, 4.69) is 12.1 Å². The van der Waals surface area contributed by atoms with Gasteiger partial charge in [0.1, 0.15) is 12.0 Å². The molecule has 2 rings (SSSR count). The molecule has 0 amide bonds. The van der Waals surface area contributed by atoms with Crippen LogP contribution >= 0.6 is 0 Å². The highest BCUT2D eigenvalue weighted by molar-refractivity contribution is 5.84. The van der Waals surface area contributed by atoms with Crippen LogP contribution in [0.2, 0.25) is 0 Å². The van der Waals surface area contributed by atoms with Crippen LogP contribution in [0.3, 0.4) is 0 Å². The van der Waals surface area contributed by atoms with Gasteiger partial charge < -0.3 is 5.11 Å². The molecule has 0 heterocycles. The lowest BCUT2D eigenvalue weighted by molar-refractivity contribution is -0.137. The van der Waals surface area contributed by atoms with E-state index in [1.807, 2.05) is 18.2 Å². The molecule has 1 aromatic rings. The molecule has 0 aliphatic heterocycles. The summed E-state index contributed by atoms with van der Waals surface area (Å²) in [6.07, 6.45) is 6.19. The number of ketones is 1. The maximum atomic E-state index is 14.2. The molecule has 1 saturated carbocycles. The third kappa shape index (κ3) is 6.60. The minimum atomic E-state index is -0.986. The van der Waals surface area contributed by atoms with Crippen LogP contribution in [0.5, 0.6) is 0 Å². The Morgan fingerprint density at radius 1 is 1.04 bits per heavy atom. The second-order valence-electron chi connectivity index (χ2n) is 7.18. The Bertz CT molecular complexity index is 543. The molecule has 1 fully saturated rings. The summed E-state index contributed by atoms with van der Waals surface area (Å²) >= 11 is 0. The highest BCUT2D eigenvalue weighted by atomic mass is 19.1. The van der Waals surface area contributed by atoms with Crippen molar-refractivity contribution in [1.82, 2.24) is 0 Å². The fraction of sp³-hybridized carbons (Fsp3) is 0.619. The van der Waals surface area contributed by atoms with Gasteiger partial charge in [-0.3, -0.25) is 9.59 Å². The van der Waals surface area contributed by atoms with E-state index >= 15 is 0 Å². The molecule has 4 heteroatoms. The number of carboxylic acid groups (broad SMARTS) is 1. The van der Waals surface area contributed by atoms with Crippen LogP contribution in [0.25, 0.3) is 0 Å². The number of carbonyl (C=O) groups excluding carboxylic acids is 1. The average molecular weight is 348 g/mol. The van der Waals surface area contributed by atoms with Crippen molar-refractivity contribution >= 4 is 11.8 Å². The molecule has 1 unspecified atom stereocenters. The van der Waals surface area contributed by atoms with Crippen LogP contribution < -0.4 is 0 Å². The largest absolute Gasteiger partial charge is 0.481 e. The number of halogens is 1. The summed E-state index contributed by atoms with van der Waals surface area (Å²) in [6, 6.07) is 10.1. The number of Topliss-reactive ketones (excluding diaryl/α,β-unsaturated/α-hetero) is 1. The zero-order valence-electron chi connectivity index (χ0n) is 14.8. The molecule has 1 N–H and O–H groups in total. The molecular formula is C21H29FO3. The fourth-order valence-corrected chi connectivity index (χ4v) is 3.90. The number of hydrogen-bond donors (Lipinski definition) is 1. The van der Waals surface area contributed by atoms with Crippen molar-refractivity contribution in [2.75, 3.05) is 0 Å². The molecule has 0 saturated heterocycles. The average Bonchev–Trinajstić information content (AvgIpc) is 2.86. The Balaban J connectivity index is 1.71. The van der Waals surface area contributed by atoms with Gasteiger partial charge in [0.25, 0.3) is 0 Å². The van der Waals surface area contributed by atoms with E-state index in [-0.39, 0.29) is 30.5 Å². The summed E-state index contributed by atoms with van der Waals surface area (Å²) < 4.78 is 14.2. The Morgan fingerprint density at radius 2 is 1.72 bits per heavy atom. The minimum absolute atomic E-state index is 0.0860. The van der Waals surface area contributed by atoms with Crippen LogP contribution in [0.1, 0.15) is 63.4 Å². The zero-order valence-corrected chi connectivity index (χ0v) is 14.8. The summed E-state index contributed by atoms with van der Waals surface area (Å²) in [4.78, 5) is 22.6. The Morgan fingerprint density at radius 3 is 2.44 bits per heavy atom. The van der Waals surface area contributed by atoms with Gasteiger partial charge in [-0.15, -0.1) is 0 Å². The van der Waals surface area contributed by atoms with Gasteiger partial charge in [-0.2, -0.15) is 0 Å². The van der Waals surface area contributed by atoms with Crippen molar-refractivity contribution < 1.29 is 19.1 Å². The number of alkyl halides is 1. The van der Waals surface area contributed by atoms with Crippen LogP contribution in [-0.2, 0) is 16.0 Å². The molecule has 3 nitrogen and oxygen atoms in total. The van der Waals surface area contributed by atoms with Gasteiger partial charge in [-0.05, 0) is 31.2 Å². The molecule has 0 radical (unpaired) electrons. The van der Waals surface area contributed by atoms with E-state index < -0.39 is 12.1 Å². The lowest BCUT2D eigenvalue weighted by Crippen LogP contribution is -2.19. The first-order valence-corrected chi connectivity index (χ1v) is 9.50. The van der Waals surface area contributed by atoms with Crippen LogP contribution in [0, 0.1) is 11.8 Å². The predicted octanol–water partition coefficient (Wildman–Crippen LogP) is 4.98. The highest BCUT2D eigenvalue weighted by Gasteiger charge is 2.41. The highest BCUT2D eigenvalue weighted by Crippen LogP contribution is 2.38. The predicted molar refractivity (Wildman–Crippen MR) is 96.2 cm³/mol. The van der Waals surface area contributed by atoms with Gasteiger partial charge >= 0.3 is 5.97 Å². The van der Waals surface area contributed by atoms with Crippen LogP contribution in [0.15, 0.2) is 30.3 Å². The van der Waals surface area contributed by atoms with Gasteiger partial charge in [0, 0.05) is 24.7 Å². The van der Waals surface area contributed by atoms with Gasteiger partial charge in [0.2, 0.25) is 0 Å². The number of hydrogen-bond acceptors (Lipinski definition) is 2. The lowest BCUT2D eigenvalue weighted by Gasteiger charge is -2.20. The Labute approximate surface area is 149 Å². The van der Waals surface area contributed by atoms with E-state index in [0.717, 1.165) is 44.9 Å². The van der Waals surface area contributed by atoms with Crippen LogP contribution in [0.4, 0.5) is 4.39 Å². The smallest absolute Gasteiger partial charge is 0.303 e.